The first-order chi connectivity index (χ1) is 7.41. The average Bonchev–Trinajstić information content (AvgIpc) is 1.99. The summed E-state index contributed by atoms with van der Waals surface area (Å²) >= 11 is 0. The van der Waals surface area contributed by atoms with Crippen molar-refractivity contribution in [3.05, 3.63) is 12.2 Å². The number of nitrogens with zero attached hydrogens (tertiary/aromatic N) is 1. The Balaban J connectivity index is 0. The molecular formula is C10H18NO6+. The third-order valence-electron chi connectivity index (χ3n) is 1.61. The Kier molecular flexibility index (Phi) is 6.84. The summed E-state index contributed by atoms with van der Waals surface area (Å²) in [5.74, 6) is -3.56. The Labute approximate surface area is 99.2 Å². The van der Waals surface area contributed by atoms with E-state index in [9.17, 15) is 14.4 Å². The average molecular weight is 248 g/mol. The predicted molar refractivity (Wildman–Crippen MR) is 59.5 cm³/mol. The van der Waals surface area contributed by atoms with E-state index in [1.807, 2.05) is 0 Å². The summed E-state index contributed by atoms with van der Waals surface area (Å²) in [6.07, 6.45) is 0. The van der Waals surface area contributed by atoms with Gasteiger partial charge in [-0.05, 0) is 6.92 Å². The van der Waals surface area contributed by atoms with E-state index in [4.69, 9.17) is 15.3 Å². The maximum Gasteiger partial charge on any atom is 0.374 e. The fraction of sp³-hybridized carbons (Fsp3) is 0.500. The summed E-state index contributed by atoms with van der Waals surface area (Å²) in [6, 6.07) is -1.39. The van der Waals surface area contributed by atoms with Crippen molar-refractivity contribution in [3.8, 4) is 0 Å². The number of likely N-dealkylation sites (N-methyl/N-ethyl adjacent to an activating group) is 1. The molecule has 0 amide bonds. The highest BCUT2D eigenvalue weighted by atomic mass is 16.4. The van der Waals surface area contributed by atoms with Crippen LogP contribution >= 0.6 is 0 Å². The summed E-state index contributed by atoms with van der Waals surface area (Å²) in [6.45, 7) is 4.60. The van der Waals surface area contributed by atoms with Crippen LogP contribution < -0.4 is 0 Å². The van der Waals surface area contributed by atoms with E-state index >= 15 is 0 Å². The minimum absolute atomic E-state index is 0.120. The molecule has 0 atom stereocenters. The van der Waals surface area contributed by atoms with Gasteiger partial charge < -0.3 is 19.8 Å². The van der Waals surface area contributed by atoms with Crippen LogP contribution in [0.4, 0.5) is 0 Å². The van der Waals surface area contributed by atoms with E-state index in [0.29, 0.717) is 0 Å². The van der Waals surface area contributed by atoms with Gasteiger partial charge in [0, 0.05) is 5.57 Å². The number of hydrogen-bond donors (Lipinski definition) is 3. The molecule has 0 bridgehead atoms. The largest absolute Gasteiger partial charge is 0.478 e. The van der Waals surface area contributed by atoms with Crippen molar-refractivity contribution < 1.29 is 34.2 Å². The predicted octanol–water partition coefficient (Wildman–Crippen LogP) is -0.122. The van der Waals surface area contributed by atoms with Crippen LogP contribution in [0.25, 0.3) is 0 Å². The smallest absolute Gasteiger partial charge is 0.374 e. The van der Waals surface area contributed by atoms with Crippen LogP contribution in [0.3, 0.4) is 0 Å². The van der Waals surface area contributed by atoms with Crippen LogP contribution in [-0.4, -0.2) is 64.9 Å². The van der Waals surface area contributed by atoms with Gasteiger partial charge in [-0.25, -0.2) is 14.4 Å². The van der Waals surface area contributed by atoms with Crippen LogP contribution in [-0.2, 0) is 14.4 Å². The molecule has 0 spiro atoms. The lowest BCUT2D eigenvalue weighted by Crippen LogP contribution is -2.54. The van der Waals surface area contributed by atoms with E-state index in [1.165, 1.54) is 28.1 Å². The van der Waals surface area contributed by atoms with E-state index in [2.05, 4.69) is 6.58 Å². The lowest BCUT2D eigenvalue weighted by atomic mass is 10.2. The molecule has 0 aromatic heterocycles. The van der Waals surface area contributed by atoms with Gasteiger partial charge in [0.25, 0.3) is 6.04 Å². The normalized spacial score (nSPS) is 10.2. The van der Waals surface area contributed by atoms with Crippen molar-refractivity contribution in [2.45, 2.75) is 13.0 Å². The second-order valence-electron chi connectivity index (χ2n) is 4.28. The number of carbonyl (C=O) groups is 3. The third-order valence-corrected chi connectivity index (χ3v) is 1.61. The van der Waals surface area contributed by atoms with Crippen LogP contribution in [0.15, 0.2) is 12.2 Å². The zero-order valence-electron chi connectivity index (χ0n) is 10.3. The Morgan fingerprint density at radius 1 is 1.00 bits per heavy atom. The molecule has 3 N–H and O–H groups in total. The highest BCUT2D eigenvalue weighted by molar-refractivity contribution is 5.95. The molecule has 0 aliphatic rings. The maximum atomic E-state index is 10.4. The lowest BCUT2D eigenvalue weighted by Gasteiger charge is -2.27. The van der Waals surface area contributed by atoms with Gasteiger partial charge in [-0.2, -0.15) is 0 Å². The molecule has 7 heteroatoms. The van der Waals surface area contributed by atoms with Gasteiger partial charge >= 0.3 is 17.9 Å². The van der Waals surface area contributed by atoms with Crippen LogP contribution in [0.1, 0.15) is 6.92 Å². The van der Waals surface area contributed by atoms with Crippen molar-refractivity contribution in [3.63, 3.8) is 0 Å². The summed E-state index contributed by atoms with van der Waals surface area (Å²) in [5.41, 5.74) is 0.176. The minimum atomic E-state index is -1.39. The second-order valence-corrected chi connectivity index (χ2v) is 4.28. The Morgan fingerprint density at radius 3 is 1.24 bits per heavy atom. The molecule has 0 aliphatic heterocycles. The SMILES string of the molecule is C=C(C)C(=O)O.C[N+](C)(C)C(C(=O)O)C(=O)O. The molecule has 0 unspecified atom stereocenters. The molecule has 0 aromatic carbocycles. The molecule has 0 fully saturated rings. The summed E-state index contributed by atoms with van der Waals surface area (Å²) in [4.78, 5) is 30.4. The third kappa shape index (κ3) is 7.97. The molecule has 0 aliphatic carbocycles. The van der Waals surface area contributed by atoms with Crippen molar-refractivity contribution in [2.24, 2.45) is 0 Å². The summed E-state index contributed by atoms with van der Waals surface area (Å²) in [5, 5.41) is 24.9. The van der Waals surface area contributed by atoms with Gasteiger partial charge in [-0.3, -0.25) is 0 Å². The first-order valence-corrected chi connectivity index (χ1v) is 4.56. The molecular weight excluding hydrogens is 230 g/mol. The number of hydrogen-bond acceptors (Lipinski definition) is 3. The number of carboxylic acids is 3. The molecule has 0 aromatic rings. The zero-order chi connectivity index (χ0) is 14.4. The molecule has 17 heavy (non-hydrogen) atoms. The van der Waals surface area contributed by atoms with Crippen molar-refractivity contribution in [2.75, 3.05) is 21.1 Å². The number of quaternary nitrogens is 1. The molecule has 0 saturated carbocycles. The molecule has 0 heterocycles. The van der Waals surface area contributed by atoms with Crippen LogP contribution in [0.2, 0.25) is 0 Å². The quantitative estimate of drug-likeness (QED) is 0.363. The van der Waals surface area contributed by atoms with E-state index in [1.54, 1.807) is 0 Å². The van der Waals surface area contributed by atoms with Crippen LogP contribution in [0, 0.1) is 0 Å². The number of carboxylic acid groups (broad SMARTS) is 3. The van der Waals surface area contributed by atoms with Gasteiger partial charge in [0.1, 0.15) is 0 Å². The minimum Gasteiger partial charge on any atom is -0.478 e. The first kappa shape index (κ1) is 17.5. The molecule has 7 nitrogen and oxygen atoms in total. The fourth-order valence-corrected chi connectivity index (χ4v) is 0.768. The molecule has 0 rings (SSSR count). The summed E-state index contributed by atoms with van der Waals surface area (Å²) in [7, 11) is 4.56. The number of rotatable bonds is 4. The summed E-state index contributed by atoms with van der Waals surface area (Å²) < 4.78 is -0.120. The van der Waals surface area contributed by atoms with Gasteiger partial charge in [-0.15, -0.1) is 0 Å². The van der Waals surface area contributed by atoms with Crippen molar-refractivity contribution in [1.29, 1.82) is 0 Å². The van der Waals surface area contributed by atoms with E-state index in [-0.39, 0.29) is 10.1 Å². The topological polar surface area (TPSA) is 112 Å². The van der Waals surface area contributed by atoms with Gasteiger partial charge in [0.2, 0.25) is 0 Å². The molecule has 0 radical (unpaired) electrons. The monoisotopic (exact) mass is 248 g/mol. The van der Waals surface area contributed by atoms with Crippen molar-refractivity contribution in [1.82, 2.24) is 0 Å². The number of aliphatic carboxylic acids is 3. The first-order valence-electron chi connectivity index (χ1n) is 4.56. The highest BCUT2D eigenvalue weighted by Gasteiger charge is 2.38. The Bertz CT molecular complexity index is 302. The second kappa shape index (κ2) is 6.64. The molecule has 0 saturated heterocycles. The maximum absolute atomic E-state index is 10.4. The fourth-order valence-electron chi connectivity index (χ4n) is 0.768. The van der Waals surface area contributed by atoms with Gasteiger partial charge in [0.15, 0.2) is 0 Å². The van der Waals surface area contributed by atoms with Crippen LogP contribution in [0.5, 0.6) is 0 Å². The van der Waals surface area contributed by atoms with E-state index in [0.717, 1.165) is 0 Å². The standard InChI is InChI=1S/C6H11NO4.C4H6O2/c1-7(2,3)4(5(8)9)6(10)11;1-3(2)4(5)6/h4H,1-3H3,(H-,8,9,10,11);1H2,2H3,(H,5,6)/p+1. The Hall–Kier alpha value is -1.89. The highest BCUT2D eigenvalue weighted by Crippen LogP contribution is 2.02. The lowest BCUT2D eigenvalue weighted by molar-refractivity contribution is -0.878. The van der Waals surface area contributed by atoms with Gasteiger partial charge in [-0.1, -0.05) is 6.58 Å². The van der Waals surface area contributed by atoms with E-state index < -0.39 is 23.9 Å². The van der Waals surface area contributed by atoms with Crippen molar-refractivity contribution >= 4 is 17.9 Å². The molecule has 98 valence electrons. The Morgan fingerprint density at radius 2 is 1.24 bits per heavy atom. The zero-order valence-corrected chi connectivity index (χ0v) is 10.3. The van der Waals surface area contributed by atoms with Gasteiger partial charge in [0.05, 0.1) is 21.1 Å².